The maximum Gasteiger partial charge on any atom is 0.210 e. The molecule has 0 saturated carbocycles. The molecule has 1 unspecified atom stereocenters. The minimum Gasteiger partial charge on any atom is -0.471 e. The molecule has 1 aromatic heterocycles. The summed E-state index contributed by atoms with van der Waals surface area (Å²) in [5.74, 6) is 0.0664. The lowest BCUT2D eigenvalue weighted by Gasteiger charge is -2.14. The largest absolute Gasteiger partial charge is 0.471 e. The fourth-order valence-electron chi connectivity index (χ4n) is 2.18. The van der Waals surface area contributed by atoms with Crippen molar-refractivity contribution in [2.24, 2.45) is 0 Å². The van der Waals surface area contributed by atoms with Crippen molar-refractivity contribution in [1.29, 1.82) is 5.26 Å². The van der Waals surface area contributed by atoms with Crippen molar-refractivity contribution in [3.8, 4) is 11.8 Å². The number of pyridine rings is 1. The van der Waals surface area contributed by atoms with Crippen LogP contribution in [0.15, 0.2) is 54.7 Å². The molecule has 0 bridgehead atoms. The Hall–Kier alpha value is -2.64. The number of fused-ring (bicyclic) bond motifs is 1. The van der Waals surface area contributed by atoms with Gasteiger partial charge in [-0.15, -0.1) is 0 Å². The summed E-state index contributed by atoms with van der Waals surface area (Å²) in [5.41, 5.74) is 1.38. The zero-order valence-electron chi connectivity index (χ0n) is 11.3. The Morgan fingerprint density at radius 2 is 1.91 bits per heavy atom. The van der Waals surface area contributed by atoms with Crippen LogP contribution in [0.5, 0.6) is 5.75 Å². The predicted molar refractivity (Wildman–Crippen MR) is 82.1 cm³/mol. The van der Waals surface area contributed by atoms with Gasteiger partial charge in [-0.25, -0.2) is 4.39 Å². The van der Waals surface area contributed by atoms with Crippen LogP contribution in [0.25, 0.3) is 10.9 Å². The van der Waals surface area contributed by atoms with Crippen LogP contribution in [-0.2, 0) is 0 Å². The molecule has 0 fully saturated rings. The van der Waals surface area contributed by atoms with Gasteiger partial charge < -0.3 is 4.74 Å². The Morgan fingerprint density at radius 1 is 1.14 bits per heavy atom. The predicted octanol–water partition coefficient (Wildman–Crippen LogP) is 4.67. The first-order chi connectivity index (χ1) is 10.7. The minimum absolute atomic E-state index is 0.357. The molecular formula is C17H10ClFN2O. The summed E-state index contributed by atoms with van der Waals surface area (Å²) in [6.07, 6.45) is 0.781. The number of hydrogen-bond donors (Lipinski definition) is 0. The Morgan fingerprint density at radius 3 is 2.64 bits per heavy atom. The van der Waals surface area contributed by atoms with Crippen LogP contribution < -0.4 is 4.74 Å². The summed E-state index contributed by atoms with van der Waals surface area (Å²) < 4.78 is 18.6. The normalized spacial score (nSPS) is 11.9. The zero-order chi connectivity index (χ0) is 15.5. The smallest absolute Gasteiger partial charge is 0.210 e. The van der Waals surface area contributed by atoms with E-state index in [1.165, 1.54) is 24.3 Å². The number of rotatable bonds is 3. The van der Waals surface area contributed by atoms with E-state index in [1.807, 2.05) is 0 Å². The van der Waals surface area contributed by atoms with Crippen LogP contribution in [0.3, 0.4) is 0 Å². The highest BCUT2D eigenvalue weighted by Crippen LogP contribution is 2.28. The highest BCUT2D eigenvalue weighted by molar-refractivity contribution is 6.31. The highest BCUT2D eigenvalue weighted by Gasteiger charge is 2.16. The van der Waals surface area contributed by atoms with Crippen LogP contribution in [0, 0.1) is 17.1 Å². The van der Waals surface area contributed by atoms with E-state index in [9.17, 15) is 9.65 Å². The molecule has 1 atom stereocenters. The fraction of sp³-hybridized carbons (Fsp3) is 0.0588. The van der Waals surface area contributed by atoms with Crippen LogP contribution in [0.2, 0.25) is 5.02 Å². The van der Waals surface area contributed by atoms with Gasteiger partial charge >= 0.3 is 0 Å². The second kappa shape index (κ2) is 6.00. The van der Waals surface area contributed by atoms with Crippen LogP contribution in [0.1, 0.15) is 11.7 Å². The molecule has 0 spiro atoms. The van der Waals surface area contributed by atoms with Gasteiger partial charge in [0.05, 0.1) is 5.52 Å². The van der Waals surface area contributed by atoms with Gasteiger partial charge in [-0.05, 0) is 42.5 Å². The zero-order valence-corrected chi connectivity index (χ0v) is 12.1. The number of halogens is 2. The molecule has 108 valence electrons. The van der Waals surface area contributed by atoms with E-state index < -0.39 is 6.10 Å². The number of aromatic nitrogens is 1. The van der Waals surface area contributed by atoms with Gasteiger partial charge in [-0.2, -0.15) is 5.26 Å². The molecule has 0 aliphatic heterocycles. The third kappa shape index (κ3) is 2.85. The van der Waals surface area contributed by atoms with Gasteiger partial charge in [0.15, 0.2) is 0 Å². The number of hydrogen-bond acceptors (Lipinski definition) is 3. The van der Waals surface area contributed by atoms with E-state index in [0.717, 1.165) is 5.39 Å². The van der Waals surface area contributed by atoms with E-state index in [1.54, 1.807) is 30.5 Å². The summed E-state index contributed by atoms with van der Waals surface area (Å²) in [7, 11) is 0. The number of nitrogens with zero attached hydrogens (tertiary/aromatic N) is 2. The van der Waals surface area contributed by atoms with Gasteiger partial charge in [0.25, 0.3) is 0 Å². The maximum absolute atomic E-state index is 12.9. The fourth-order valence-corrected chi connectivity index (χ4v) is 2.35. The summed E-state index contributed by atoms with van der Waals surface area (Å²) in [6.45, 7) is 0. The third-order valence-electron chi connectivity index (χ3n) is 3.21. The van der Waals surface area contributed by atoms with Crippen molar-refractivity contribution >= 4 is 22.5 Å². The first-order valence-corrected chi connectivity index (χ1v) is 6.91. The minimum atomic E-state index is -0.822. The molecule has 22 heavy (non-hydrogen) atoms. The molecule has 3 nitrogen and oxygen atoms in total. The third-order valence-corrected chi connectivity index (χ3v) is 3.44. The van der Waals surface area contributed by atoms with E-state index in [0.29, 0.717) is 21.9 Å². The number of benzene rings is 2. The first-order valence-electron chi connectivity index (χ1n) is 6.53. The summed E-state index contributed by atoms with van der Waals surface area (Å²) in [4.78, 5) is 4.24. The molecule has 0 aliphatic carbocycles. The Labute approximate surface area is 131 Å². The van der Waals surface area contributed by atoms with Crippen molar-refractivity contribution in [2.45, 2.75) is 6.10 Å². The number of ether oxygens (including phenoxy) is 1. The molecule has 0 amide bonds. The van der Waals surface area contributed by atoms with Crippen molar-refractivity contribution in [3.05, 3.63) is 71.1 Å². The van der Waals surface area contributed by atoms with E-state index in [4.69, 9.17) is 16.3 Å². The maximum atomic E-state index is 12.9. The summed E-state index contributed by atoms with van der Waals surface area (Å²) in [6, 6.07) is 14.7. The van der Waals surface area contributed by atoms with Crippen molar-refractivity contribution in [3.63, 3.8) is 0 Å². The second-order valence-corrected chi connectivity index (χ2v) is 5.08. The van der Waals surface area contributed by atoms with E-state index in [2.05, 4.69) is 11.1 Å². The lowest BCUT2D eigenvalue weighted by atomic mass is 10.0. The van der Waals surface area contributed by atoms with Crippen LogP contribution in [0.4, 0.5) is 4.39 Å². The lowest BCUT2D eigenvalue weighted by molar-refractivity contribution is 0.263. The van der Waals surface area contributed by atoms with Gasteiger partial charge in [-0.1, -0.05) is 17.7 Å². The Balaban J connectivity index is 2.00. The van der Waals surface area contributed by atoms with Crippen molar-refractivity contribution in [1.82, 2.24) is 4.98 Å². The highest BCUT2D eigenvalue weighted by atomic mass is 35.5. The average Bonchev–Trinajstić information content (AvgIpc) is 2.53. The lowest BCUT2D eigenvalue weighted by Crippen LogP contribution is -2.06. The van der Waals surface area contributed by atoms with Gasteiger partial charge in [0.2, 0.25) is 6.10 Å². The van der Waals surface area contributed by atoms with E-state index in [-0.39, 0.29) is 5.82 Å². The van der Waals surface area contributed by atoms with Gasteiger partial charge in [-0.3, -0.25) is 4.98 Å². The monoisotopic (exact) mass is 312 g/mol. The Kier molecular flexibility index (Phi) is 3.90. The number of nitriles is 1. The quantitative estimate of drug-likeness (QED) is 0.706. The summed E-state index contributed by atoms with van der Waals surface area (Å²) in [5, 5.41) is 10.8. The molecule has 0 aliphatic rings. The Bertz CT molecular complexity index is 859. The molecule has 2 aromatic carbocycles. The average molecular weight is 313 g/mol. The van der Waals surface area contributed by atoms with Crippen LogP contribution >= 0.6 is 11.6 Å². The SMILES string of the molecule is N#CC(Oc1ccc(F)cc1)c1ccnc2cc(Cl)ccc12. The van der Waals surface area contributed by atoms with Crippen LogP contribution in [-0.4, -0.2) is 4.98 Å². The standard InChI is InChI=1S/C17H10ClFN2O/c18-11-1-6-14-15(7-8-21-16(14)9-11)17(10-20)22-13-4-2-12(19)3-5-13/h1-9,17H. The molecule has 0 radical (unpaired) electrons. The van der Waals surface area contributed by atoms with Crippen molar-refractivity contribution < 1.29 is 9.13 Å². The molecule has 3 aromatic rings. The van der Waals surface area contributed by atoms with Gasteiger partial charge in [0, 0.05) is 22.2 Å². The molecule has 0 N–H and O–H groups in total. The van der Waals surface area contributed by atoms with E-state index >= 15 is 0 Å². The topological polar surface area (TPSA) is 45.9 Å². The molecule has 3 rings (SSSR count). The summed E-state index contributed by atoms with van der Waals surface area (Å²) >= 11 is 5.96. The first kappa shape index (κ1) is 14.3. The second-order valence-electron chi connectivity index (χ2n) is 4.64. The molecule has 0 saturated heterocycles. The molecule has 5 heteroatoms. The van der Waals surface area contributed by atoms with Crippen molar-refractivity contribution in [2.75, 3.05) is 0 Å². The van der Waals surface area contributed by atoms with Gasteiger partial charge in [0.1, 0.15) is 17.6 Å². The molecular weight excluding hydrogens is 303 g/mol. The molecule has 1 heterocycles.